The molecule has 0 saturated carbocycles. The van der Waals surface area contributed by atoms with Crippen LogP contribution in [0.15, 0.2) is 9.72 Å². The number of thiazole rings is 1. The summed E-state index contributed by atoms with van der Waals surface area (Å²) >= 11 is 0.956. The number of methoxy groups -OCH3 is 1. The molecule has 6 nitrogen and oxygen atoms in total. The van der Waals surface area contributed by atoms with Crippen molar-refractivity contribution in [3.63, 3.8) is 0 Å². The molecule has 20 heavy (non-hydrogen) atoms. The molecule has 1 saturated heterocycles. The maximum atomic E-state index is 12.8. The number of hydrogen-bond donors (Lipinski definition) is 0. The number of rotatable bonds is 3. The van der Waals surface area contributed by atoms with Crippen LogP contribution in [0.1, 0.15) is 43.6 Å². The van der Waals surface area contributed by atoms with Gasteiger partial charge in [-0.05, 0) is 26.7 Å². The summed E-state index contributed by atoms with van der Waals surface area (Å²) in [7, 11) is -2.50. The lowest BCUT2D eigenvalue weighted by molar-refractivity contribution is 0.0590. The second-order valence-corrected chi connectivity index (χ2v) is 7.84. The number of hydrogen-bond acceptors (Lipinski definition) is 6. The molecule has 2 rings (SSSR count). The van der Waals surface area contributed by atoms with E-state index in [1.165, 1.54) is 16.9 Å². The van der Waals surface area contributed by atoms with Crippen LogP contribution in [0, 0.1) is 0 Å². The van der Waals surface area contributed by atoms with Gasteiger partial charge in [0.05, 0.1) is 12.6 Å². The number of nitrogens with zero attached hydrogens (tertiary/aromatic N) is 2. The lowest BCUT2D eigenvalue weighted by Gasteiger charge is -2.37. The molecule has 1 aliphatic rings. The van der Waals surface area contributed by atoms with E-state index in [0.29, 0.717) is 0 Å². The van der Waals surface area contributed by atoms with E-state index in [1.807, 2.05) is 13.8 Å². The first-order chi connectivity index (χ1) is 9.39. The van der Waals surface area contributed by atoms with Crippen LogP contribution < -0.4 is 0 Å². The molecule has 0 bridgehead atoms. The molecule has 0 radical (unpaired) electrons. The first-order valence-electron chi connectivity index (χ1n) is 6.45. The summed E-state index contributed by atoms with van der Waals surface area (Å²) in [6, 6.07) is -0.146. The molecule has 2 heterocycles. The third kappa shape index (κ3) is 2.59. The number of carbonyl (C=O) groups excluding carboxylic acids is 1. The third-order valence-corrected chi connectivity index (χ3v) is 7.01. The van der Waals surface area contributed by atoms with Gasteiger partial charge in [0, 0.05) is 12.1 Å². The molecule has 8 heteroatoms. The lowest BCUT2D eigenvalue weighted by atomic mass is 10.0. The number of esters is 1. The molecular formula is C12H18N2O4S2. The Balaban J connectivity index is 2.45. The molecule has 0 aliphatic carbocycles. The molecule has 0 N–H and O–H groups in total. The van der Waals surface area contributed by atoms with E-state index in [0.717, 1.165) is 30.6 Å². The van der Waals surface area contributed by atoms with Gasteiger partial charge in [0.1, 0.15) is 0 Å². The summed E-state index contributed by atoms with van der Waals surface area (Å²) in [6.07, 6.45) is 2.67. The van der Waals surface area contributed by atoms with Crippen molar-refractivity contribution in [2.75, 3.05) is 7.11 Å². The zero-order chi connectivity index (χ0) is 14.9. The second-order valence-electron chi connectivity index (χ2n) is 4.94. The average molecular weight is 318 g/mol. The Bertz CT molecular complexity index is 586. The van der Waals surface area contributed by atoms with Gasteiger partial charge >= 0.3 is 5.97 Å². The summed E-state index contributed by atoms with van der Waals surface area (Å²) < 4.78 is 31.7. The van der Waals surface area contributed by atoms with Crippen LogP contribution in [-0.2, 0) is 14.8 Å². The van der Waals surface area contributed by atoms with Crippen molar-refractivity contribution >= 4 is 27.3 Å². The highest BCUT2D eigenvalue weighted by Crippen LogP contribution is 2.32. The van der Waals surface area contributed by atoms with Gasteiger partial charge in [0.15, 0.2) is 9.90 Å². The van der Waals surface area contributed by atoms with E-state index >= 15 is 0 Å². The minimum absolute atomic E-state index is 0.0232. The topological polar surface area (TPSA) is 76.6 Å². The summed E-state index contributed by atoms with van der Waals surface area (Å²) in [5.74, 6) is -0.720. The molecule has 0 amide bonds. The zero-order valence-electron chi connectivity index (χ0n) is 11.7. The molecule has 1 aliphatic heterocycles. The van der Waals surface area contributed by atoms with Crippen LogP contribution in [0.5, 0.6) is 0 Å². The Morgan fingerprint density at radius 1 is 1.40 bits per heavy atom. The molecule has 1 aromatic heterocycles. The largest absolute Gasteiger partial charge is 0.464 e. The molecule has 2 atom stereocenters. The Kier molecular flexibility index (Phi) is 4.46. The number of ether oxygens (including phenoxy) is 1. The van der Waals surface area contributed by atoms with E-state index in [9.17, 15) is 13.2 Å². The predicted molar refractivity (Wildman–Crippen MR) is 75.3 cm³/mol. The highest BCUT2D eigenvalue weighted by Gasteiger charge is 2.39. The van der Waals surface area contributed by atoms with Crippen molar-refractivity contribution in [2.24, 2.45) is 0 Å². The van der Waals surface area contributed by atoms with E-state index in [4.69, 9.17) is 0 Å². The van der Waals surface area contributed by atoms with Crippen LogP contribution in [0.25, 0.3) is 0 Å². The summed E-state index contributed by atoms with van der Waals surface area (Å²) in [5, 5.41) is 0. The van der Waals surface area contributed by atoms with Crippen molar-refractivity contribution in [3.8, 4) is 0 Å². The van der Waals surface area contributed by atoms with Gasteiger partial charge in [-0.2, -0.15) is 4.31 Å². The van der Waals surface area contributed by atoms with Crippen molar-refractivity contribution < 1.29 is 17.9 Å². The summed E-state index contributed by atoms with van der Waals surface area (Å²) in [5.41, 5.74) is 1.24. The molecule has 2 unspecified atom stereocenters. The molecular weight excluding hydrogens is 300 g/mol. The van der Waals surface area contributed by atoms with Crippen molar-refractivity contribution in [1.82, 2.24) is 9.29 Å². The quantitative estimate of drug-likeness (QED) is 0.795. The van der Waals surface area contributed by atoms with Crippen LogP contribution in [-0.4, -0.2) is 42.9 Å². The normalized spacial score (nSPS) is 24.6. The number of aromatic nitrogens is 1. The summed E-state index contributed by atoms with van der Waals surface area (Å²) in [6.45, 7) is 3.79. The van der Waals surface area contributed by atoms with Gasteiger partial charge < -0.3 is 4.74 Å². The van der Waals surface area contributed by atoms with E-state index < -0.39 is 16.0 Å². The highest BCUT2D eigenvalue weighted by molar-refractivity contribution is 7.91. The highest BCUT2D eigenvalue weighted by atomic mass is 32.2. The smallest absolute Gasteiger partial charge is 0.358 e. The Morgan fingerprint density at radius 3 is 2.55 bits per heavy atom. The van der Waals surface area contributed by atoms with Crippen molar-refractivity contribution in [3.05, 3.63) is 11.2 Å². The minimum atomic E-state index is -3.71. The van der Waals surface area contributed by atoms with Crippen LogP contribution in [0.3, 0.4) is 0 Å². The molecule has 0 spiro atoms. The monoisotopic (exact) mass is 318 g/mol. The van der Waals surface area contributed by atoms with E-state index in [2.05, 4.69) is 9.72 Å². The Morgan fingerprint density at radius 2 is 2.00 bits per heavy atom. The maximum Gasteiger partial charge on any atom is 0.358 e. The average Bonchev–Trinajstić information content (AvgIpc) is 2.87. The zero-order valence-corrected chi connectivity index (χ0v) is 13.3. The first-order valence-corrected chi connectivity index (χ1v) is 8.77. The fraction of sp³-hybridized carbons (Fsp3) is 0.667. The van der Waals surface area contributed by atoms with Gasteiger partial charge in [-0.15, -0.1) is 11.3 Å². The number of sulfonamides is 1. The first kappa shape index (κ1) is 15.4. The second kappa shape index (κ2) is 5.79. The number of carbonyl (C=O) groups is 1. The van der Waals surface area contributed by atoms with E-state index in [-0.39, 0.29) is 22.0 Å². The van der Waals surface area contributed by atoms with Gasteiger partial charge in [-0.25, -0.2) is 18.2 Å². The standard InChI is InChI=1S/C12H18N2O4S2/c1-8-5-4-6-9(2)14(8)20(16,17)12-10(11(15)18-3)13-7-19-12/h7-9H,4-6H2,1-3H3. The van der Waals surface area contributed by atoms with Gasteiger partial charge in [-0.3, -0.25) is 0 Å². The third-order valence-electron chi connectivity index (χ3n) is 3.54. The SMILES string of the molecule is COC(=O)c1ncsc1S(=O)(=O)N1C(C)CCCC1C. The predicted octanol–water partition coefficient (Wildman–Crippen LogP) is 1.88. The fourth-order valence-corrected chi connectivity index (χ4v) is 5.72. The minimum Gasteiger partial charge on any atom is -0.464 e. The van der Waals surface area contributed by atoms with Crippen molar-refractivity contribution in [1.29, 1.82) is 0 Å². The van der Waals surface area contributed by atoms with Crippen LogP contribution >= 0.6 is 11.3 Å². The Labute approximate surface area is 122 Å². The van der Waals surface area contributed by atoms with Gasteiger partial charge in [-0.1, -0.05) is 6.42 Å². The van der Waals surface area contributed by atoms with Crippen LogP contribution in [0.2, 0.25) is 0 Å². The van der Waals surface area contributed by atoms with E-state index in [1.54, 1.807) is 0 Å². The maximum absolute atomic E-state index is 12.8. The molecule has 1 aromatic rings. The molecule has 1 fully saturated rings. The Hall–Kier alpha value is -0.990. The van der Waals surface area contributed by atoms with Gasteiger partial charge in [0.25, 0.3) is 10.0 Å². The summed E-state index contributed by atoms with van der Waals surface area (Å²) in [4.78, 5) is 15.5. The number of piperidine rings is 1. The molecule has 112 valence electrons. The van der Waals surface area contributed by atoms with Gasteiger partial charge in [0.2, 0.25) is 0 Å². The molecule has 0 aromatic carbocycles. The van der Waals surface area contributed by atoms with Crippen molar-refractivity contribution in [2.45, 2.75) is 49.4 Å². The lowest BCUT2D eigenvalue weighted by Crippen LogP contribution is -2.47. The fourth-order valence-electron chi connectivity index (χ4n) is 2.62. The van der Waals surface area contributed by atoms with Crippen LogP contribution in [0.4, 0.5) is 0 Å².